The number of anilines is 1. The monoisotopic (exact) mass is 759 g/mol. The fourth-order valence-corrected chi connectivity index (χ4v) is 5.32. The number of hydrogen-bond donors (Lipinski definition) is 1. The van der Waals surface area contributed by atoms with Crippen molar-refractivity contribution in [2.24, 2.45) is 5.41 Å². The van der Waals surface area contributed by atoms with Crippen molar-refractivity contribution in [1.29, 1.82) is 0 Å². The quantitative estimate of drug-likeness (QED) is 0.106. The van der Waals surface area contributed by atoms with Crippen molar-refractivity contribution in [3.8, 4) is 11.8 Å². The van der Waals surface area contributed by atoms with Gasteiger partial charge in [-0.15, -0.1) is 0 Å². The van der Waals surface area contributed by atoms with E-state index in [9.17, 15) is 24.0 Å². The molecule has 1 aliphatic rings. The zero-order valence-electron chi connectivity index (χ0n) is 31.0. The smallest absolute Gasteiger partial charge is 0.425 e. The van der Waals surface area contributed by atoms with Gasteiger partial charge in [-0.05, 0) is 85.9 Å². The molecule has 0 aliphatic carbocycles. The Morgan fingerprint density at radius 2 is 1.72 bits per heavy atom. The Morgan fingerprint density at radius 1 is 1.08 bits per heavy atom. The third-order valence-electron chi connectivity index (χ3n) is 7.38. The number of halogens is 1. The highest BCUT2D eigenvalue weighted by Gasteiger charge is 2.57. The van der Waals surface area contributed by atoms with E-state index < -0.39 is 83.0 Å². The molecule has 1 N–H and O–H groups in total. The molecule has 4 heterocycles. The van der Waals surface area contributed by atoms with Gasteiger partial charge < -0.3 is 28.4 Å². The first-order valence-corrected chi connectivity index (χ1v) is 16.8. The molecule has 5 atom stereocenters. The van der Waals surface area contributed by atoms with Crippen LogP contribution in [0.4, 0.5) is 15.4 Å². The van der Waals surface area contributed by atoms with Gasteiger partial charge in [-0.2, -0.15) is 20.0 Å². The van der Waals surface area contributed by atoms with Gasteiger partial charge >= 0.3 is 24.1 Å². The molecule has 53 heavy (non-hydrogen) atoms. The number of nitrogens with one attached hydrogen (secondary N) is 1. The number of H-pyrrole nitrogens is 1. The summed E-state index contributed by atoms with van der Waals surface area (Å²) in [5, 5.41) is 6.24. The van der Waals surface area contributed by atoms with Gasteiger partial charge in [0.05, 0.1) is 25.0 Å². The summed E-state index contributed by atoms with van der Waals surface area (Å²) < 4.78 is 35.5. The number of carbonyl (C=O) groups excluding carboxylic acids is 5. The molecule has 1 aliphatic heterocycles. The summed E-state index contributed by atoms with van der Waals surface area (Å²) in [4.78, 5) is 78.1. The minimum atomic E-state index is -1.58. The van der Waals surface area contributed by atoms with E-state index in [0.717, 1.165) is 0 Å². The van der Waals surface area contributed by atoms with Crippen LogP contribution in [0.3, 0.4) is 0 Å². The maximum atomic E-state index is 13.5. The number of fused-ring (bicyclic) bond motifs is 1. The van der Waals surface area contributed by atoms with Gasteiger partial charge in [-0.1, -0.05) is 5.92 Å². The van der Waals surface area contributed by atoms with E-state index >= 15 is 0 Å². The Morgan fingerprint density at radius 3 is 2.25 bits per heavy atom. The molecule has 1 saturated heterocycles. The van der Waals surface area contributed by atoms with Crippen LogP contribution in [-0.4, -0.2) is 102 Å². The van der Waals surface area contributed by atoms with Gasteiger partial charge in [0, 0.05) is 13.1 Å². The van der Waals surface area contributed by atoms with Crippen LogP contribution in [0.25, 0.3) is 11.2 Å². The predicted octanol–water partition coefficient (Wildman–Crippen LogP) is 4.30. The SMILES string of the molecule is CCOC(=O)C(OC[C@H]1O[C@@H](n2cnc3c(N(C(=O)OC(C)(C)C)C(=O)OC(C)(C)C)nc(Cl)nc32)[C@H](OC(C)=O)[C@@]1(C)C#Cc1ccn[nH]1)C(C)=O. The molecular weight excluding hydrogens is 718 g/mol. The van der Waals surface area contributed by atoms with Crippen molar-refractivity contribution >= 4 is 58.5 Å². The maximum Gasteiger partial charge on any atom is 0.425 e. The van der Waals surface area contributed by atoms with Crippen molar-refractivity contribution in [2.75, 3.05) is 18.1 Å². The van der Waals surface area contributed by atoms with E-state index in [4.69, 9.17) is 40.0 Å². The van der Waals surface area contributed by atoms with Crippen LogP contribution in [0.1, 0.15) is 81.2 Å². The number of aromatic amines is 1. The second-order valence-corrected chi connectivity index (χ2v) is 14.4. The molecule has 0 saturated carbocycles. The molecule has 0 radical (unpaired) electrons. The number of imide groups is 1. The number of aromatic nitrogens is 6. The molecule has 2 amide bonds. The fourth-order valence-electron chi connectivity index (χ4n) is 5.16. The van der Waals surface area contributed by atoms with Crippen molar-refractivity contribution in [1.82, 2.24) is 29.7 Å². The van der Waals surface area contributed by atoms with Gasteiger partial charge in [0.15, 0.2) is 35.1 Å². The van der Waals surface area contributed by atoms with Crippen LogP contribution >= 0.6 is 11.6 Å². The summed E-state index contributed by atoms with van der Waals surface area (Å²) in [5.41, 5.74) is -3.22. The number of rotatable bonds is 9. The number of ether oxygens (including phenoxy) is 6. The maximum absolute atomic E-state index is 13.5. The molecule has 0 aromatic carbocycles. The van der Waals surface area contributed by atoms with E-state index in [2.05, 4.69) is 37.0 Å². The topological polar surface area (TPSA) is 216 Å². The number of nitrogens with zero attached hydrogens (tertiary/aromatic N) is 6. The molecule has 4 rings (SSSR count). The van der Waals surface area contributed by atoms with Crippen molar-refractivity contribution in [3.05, 3.63) is 29.6 Å². The minimum Gasteiger partial charge on any atom is -0.464 e. The number of carbonyl (C=O) groups is 5. The lowest BCUT2D eigenvalue weighted by Crippen LogP contribution is -2.44. The number of imidazole rings is 1. The lowest BCUT2D eigenvalue weighted by Gasteiger charge is -2.30. The van der Waals surface area contributed by atoms with Gasteiger partial charge in [-0.25, -0.2) is 19.4 Å². The van der Waals surface area contributed by atoms with Gasteiger partial charge in [0.1, 0.15) is 23.0 Å². The second kappa shape index (κ2) is 15.9. The van der Waals surface area contributed by atoms with Crippen LogP contribution in [0.2, 0.25) is 5.28 Å². The zero-order valence-corrected chi connectivity index (χ0v) is 31.8. The van der Waals surface area contributed by atoms with Crippen LogP contribution in [0, 0.1) is 17.3 Å². The van der Waals surface area contributed by atoms with Crippen LogP contribution < -0.4 is 4.90 Å². The Bertz CT molecular complexity index is 1900. The average molecular weight is 760 g/mol. The first-order valence-electron chi connectivity index (χ1n) is 16.4. The summed E-state index contributed by atoms with van der Waals surface area (Å²) in [7, 11) is 0. The third kappa shape index (κ3) is 9.66. The fraction of sp³-hybridized carbons (Fsp3) is 0.559. The van der Waals surface area contributed by atoms with Crippen LogP contribution in [-0.2, 0) is 42.8 Å². The van der Waals surface area contributed by atoms with E-state index in [1.54, 1.807) is 61.5 Å². The molecule has 18 nitrogen and oxygen atoms in total. The minimum absolute atomic E-state index is 0.00919. The summed E-state index contributed by atoms with van der Waals surface area (Å²) in [5.74, 6) is 3.48. The highest BCUT2D eigenvalue weighted by molar-refractivity contribution is 6.29. The molecule has 3 aromatic heterocycles. The Labute approximate surface area is 310 Å². The summed E-state index contributed by atoms with van der Waals surface area (Å²) in [6.07, 6.45) is -4.68. The van der Waals surface area contributed by atoms with Crippen molar-refractivity contribution in [2.45, 2.75) is 105 Å². The standard InChI is InChI=1S/C34H42ClN7O11/c1-11-48-28(45)23(18(2)43)49-16-21-34(10,14-12-20-13-15-37-40-20)24(50-19(3)44)27(51-21)41-17-36-22-25(41)38-29(35)39-26(22)42(30(46)52-32(4,5)6)31(47)53-33(7,8)9/h13,15,17,21,23-24,27H,11,16H2,1-10H3,(H,37,40)/t21-,23?,24+,27-,34+/m1/s1. The summed E-state index contributed by atoms with van der Waals surface area (Å²) in [6.45, 7) is 14.9. The molecule has 0 spiro atoms. The third-order valence-corrected chi connectivity index (χ3v) is 7.55. The van der Waals surface area contributed by atoms with Crippen LogP contribution in [0.15, 0.2) is 18.6 Å². The molecule has 19 heteroatoms. The largest absolute Gasteiger partial charge is 0.464 e. The Hall–Kier alpha value is -5.12. The zero-order chi connectivity index (χ0) is 39.5. The predicted molar refractivity (Wildman–Crippen MR) is 185 cm³/mol. The van der Waals surface area contributed by atoms with E-state index in [-0.39, 0.29) is 23.6 Å². The first-order chi connectivity index (χ1) is 24.6. The number of ketones is 1. The molecule has 1 unspecified atom stereocenters. The summed E-state index contributed by atoms with van der Waals surface area (Å²) >= 11 is 6.41. The highest BCUT2D eigenvalue weighted by Crippen LogP contribution is 2.47. The molecule has 0 bridgehead atoms. The molecule has 3 aromatic rings. The van der Waals surface area contributed by atoms with Gasteiger partial charge in [0.2, 0.25) is 11.4 Å². The Kier molecular flexibility index (Phi) is 12.2. The molecule has 286 valence electrons. The number of hydrogen-bond acceptors (Lipinski definition) is 15. The van der Waals surface area contributed by atoms with E-state index in [1.165, 1.54) is 30.9 Å². The summed E-state index contributed by atoms with van der Waals surface area (Å²) in [6, 6.07) is 1.62. The second-order valence-electron chi connectivity index (χ2n) is 14.1. The van der Waals surface area contributed by atoms with Crippen LogP contribution in [0.5, 0.6) is 0 Å². The highest BCUT2D eigenvalue weighted by atomic mass is 35.5. The average Bonchev–Trinajstić information content (AvgIpc) is 3.74. The van der Waals surface area contributed by atoms with E-state index in [1.807, 2.05) is 0 Å². The number of amides is 2. The van der Waals surface area contributed by atoms with Crippen molar-refractivity contribution in [3.63, 3.8) is 0 Å². The van der Waals surface area contributed by atoms with Crippen molar-refractivity contribution < 1.29 is 52.4 Å². The number of esters is 2. The van der Waals surface area contributed by atoms with E-state index in [0.29, 0.717) is 10.6 Å². The molecular formula is C34H42ClN7O11. The van der Waals surface area contributed by atoms with Gasteiger partial charge in [-0.3, -0.25) is 19.3 Å². The number of Topliss-reactive ketones (excluding diaryl/α,β-unsaturated/α-hetero) is 1. The lowest BCUT2D eigenvalue weighted by atomic mass is 9.80. The lowest BCUT2D eigenvalue weighted by molar-refractivity contribution is -0.165. The first kappa shape index (κ1) is 40.6. The van der Waals surface area contributed by atoms with Gasteiger partial charge in [0.25, 0.3) is 0 Å². The molecule has 1 fully saturated rings. The normalized spacial score (nSPS) is 20.5. The Balaban J connectivity index is 1.88.